The van der Waals surface area contributed by atoms with Crippen molar-refractivity contribution < 1.29 is 14.5 Å². The number of hydrogen-bond donors (Lipinski definition) is 0. The van der Waals surface area contributed by atoms with Gasteiger partial charge in [-0.05, 0) is 29.7 Å². The van der Waals surface area contributed by atoms with Crippen LogP contribution in [-0.4, -0.2) is 24.5 Å². The lowest BCUT2D eigenvalue weighted by Gasteiger charge is -2.32. The van der Waals surface area contributed by atoms with Crippen LogP contribution in [-0.2, 0) is 17.7 Å². The number of nitro benzene ring substituents is 1. The van der Waals surface area contributed by atoms with E-state index >= 15 is 0 Å². The topological polar surface area (TPSA) is 72.7 Å². The first-order valence-corrected chi connectivity index (χ1v) is 7.77. The number of anilines is 1. The van der Waals surface area contributed by atoms with E-state index in [-0.39, 0.29) is 11.7 Å². The van der Waals surface area contributed by atoms with Gasteiger partial charge >= 0.3 is 5.97 Å². The number of esters is 1. The molecule has 1 aliphatic rings. The number of fused-ring (bicyclic) bond motifs is 1. The van der Waals surface area contributed by atoms with E-state index in [1.165, 1.54) is 19.2 Å². The van der Waals surface area contributed by atoms with Crippen LogP contribution in [0.25, 0.3) is 0 Å². The number of rotatable bonds is 3. The van der Waals surface area contributed by atoms with Gasteiger partial charge in [0, 0.05) is 25.2 Å². The zero-order valence-corrected chi connectivity index (χ0v) is 13.7. The molecule has 0 saturated heterocycles. The van der Waals surface area contributed by atoms with Crippen molar-refractivity contribution >= 4 is 28.9 Å². The molecule has 0 saturated carbocycles. The molecule has 0 radical (unpaired) electrons. The number of methoxy groups -OCH3 is 1. The Morgan fingerprint density at radius 2 is 2.12 bits per heavy atom. The molecular formula is C17H15ClN2O4. The Morgan fingerprint density at radius 1 is 1.33 bits per heavy atom. The Kier molecular flexibility index (Phi) is 4.40. The van der Waals surface area contributed by atoms with Gasteiger partial charge in [0.1, 0.15) is 0 Å². The van der Waals surface area contributed by atoms with Crippen molar-refractivity contribution in [1.82, 2.24) is 0 Å². The maximum atomic E-state index is 11.9. The highest BCUT2D eigenvalue weighted by Gasteiger charge is 2.23. The molecule has 0 aromatic heterocycles. The van der Waals surface area contributed by atoms with Gasteiger partial charge < -0.3 is 9.64 Å². The van der Waals surface area contributed by atoms with Crippen molar-refractivity contribution in [3.05, 3.63) is 68.2 Å². The van der Waals surface area contributed by atoms with Gasteiger partial charge in [-0.25, -0.2) is 4.79 Å². The largest absolute Gasteiger partial charge is 0.465 e. The molecule has 0 bridgehead atoms. The lowest BCUT2D eigenvalue weighted by molar-refractivity contribution is -0.384. The summed E-state index contributed by atoms with van der Waals surface area (Å²) < 4.78 is 4.83. The first-order chi connectivity index (χ1) is 11.5. The first kappa shape index (κ1) is 16.3. The van der Waals surface area contributed by atoms with Crippen LogP contribution in [0.1, 0.15) is 21.5 Å². The fourth-order valence-corrected chi connectivity index (χ4v) is 3.28. The fraction of sp³-hybridized carbons (Fsp3) is 0.235. The van der Waals surface area contributed by atoms with Crippen LogP contribution < -0.4 is 4.90 Å². The molecule has 0 unspecified atom stereocenters. The van der Waals surface area contributed by atoms with Gasteiger partial charge in [0.25, 0.3) is 5.69 Å². The number of carbonyl (C=O) groups is 1. The van der Waals surface area contributed by atoms with Crippen LogP contribution in [0.15, 0.2) is 36.4 Å². The van der Waals surface area contributed by atoms with E-state index in [0.29, 0.717) is 30.1 Å². The minimum absolute atomic E-state index is 0.0332. The summed E-state index contributed by atoms with van der Waals surface area (Å²) in [6, 6.07) is 10.0. The predicted octanol–water partition coefficient (Wildman–Crippen LogP) is 3.60. The molecule has 1 heterocycles. The maximum Gasteiger partial charge on any atom is 0.338 e. The summed E-state index contributed by atoms with van der Waals surface area (Å²) in [6.45, 7) is 1.25. The third-order valence-corrected chi connectivity index (χ3v) is 4.46. The Balaban J connectivity index is 1.91. The van der Waals surface area contributed by atoms with Gasteiger partial charge in [0.15, 0.2) is 0 Å². The van der Waals surface area contributed by atoms with Gasteiger partial charge in [-0.15, -0.1) is 0 Å². The summed E-state index contributed by atoms with van der Waals surface area (Å²) in [5.41, 5.74) is 3.31. The number of ether oxygens (including phenoxy) is 1. The van der Waals surface area contributed by atoms with Crippen LogP contribution in [0.4, 0.5) is 11.4 Å². The highest BCUT2D eigenvalue weighted by Crippen LogP contribution is 2.33. The molecular weight excluding hydrogens is 332 g/mol. The Hall–Kier alpha value is -2.60. The van der Waals surface area contributed by atoms with E-state index in [9.17, 15) is 14.9 Å². The second-order valence-electron chi connectivity index (χ2n) is 5.50. The standard InChI is InChI=1S/C17H15ClN2O4/c1-24-17(21)14-4-2-3-11-10-19(8-7-13(11)14)16-6-5-12(20(22)23)9-15(16)18/h2-6,9H,7-8,10H2,1H3. The molecule has 0 atom stereocenters. The Bertz CT molecular complexity index is 822. The Morgan fingerprint density at radius 3 is 2.79 bits per heavy atom. The minimum Gasteiger partial charge on any atom is -0.465 e. The molecule has 1 aliphatic heterocycles. The number of halogens is 1. The first-order valence-electron chi connectivity index (χ1n) is 7.39. The van der Waals surface area contributed by atoms with Crippen molar-refractivity contribution in [3.8, 4) is 0 Å². The monoisotopic (exact) mass is 346 g/mol. The van der Waals surface area contributed by atoms with Gasteiger partial charge in [0.2, 0.25) is 0 Å². The lowest BCUT2D eigenvalue weighted by atomic mass is 9.94. The fourth-order valence-electron chi connectivity index (χ4n) is 2.98. The summed E-state index contributed by atoms with van der Waals surface area (Å²) in [6.07, 6.45) is 0.675. The zero-order chi connectivity index (χ0) is 17.3. The molecule has 7 heteroatoms. The van der Waals surface area contributed by atoms with Crippen molar-refractivity contribution in [2.75, 3.05) is 18.6 Å². The van der Waals surface area contributed by atoms with Crippen LogP contribution in [0, 0.1) is 10.1 Å². The smallest absolute Gasteiger partial charge is 0.338 e. The maximum absolute atomic E-state index is 11.9. The number of nitro groups is 1. The number of hydrogen-bond acceptors (Lipinski definition) is 5. The number of non-ortho nitro benzene ring substituents is 1. The number of benzene rings is 2. The van der Waals surface area contributed by atoms with Crippen molar-refractivity contribution in [3.63, 3.8) is 0 Å². The number of carbonyl (C=O) groups excluding carboxylic acids is 1. The third-order valence-electron chi connectivity index (χ3n) is 4.15. The highest BCUT2D eigenvalue weighted by molar-refractivity contribution is 6.33. The molecule has 24 heavy (non-hydrogen) atoms. The molecule has 6 nitrogen and oxygen atoms in total. The summed E-state index contributed by atoms with van der Waals surface area (Å²) in [4.78, 5) is 24.3. The van der Waals surface area contributed by atoms with Crippen LogP contribution in [0.5, 0.6) is 0 Å². The van der Waals surface area contributed by atoms with Crippen molar-refractivity contribution in [1.29, 1.82) is 0 Å². The quantitative estimate of drug-likeness (QED) is 0.482. The van der Waals surface area contributed by atoms with E-state index in [0.717, 1.165) is 16.8 Å². The van der Waals surface area contributed by atoms with Gasteiger partial charge in [0.05, 0.1) is 28.3 Å². The molecule has 3 rings (SSSR count). The SMILES string of the molecule is COC(=O)c1cccc2c1CCN(c1ccc([N+](=O)[O-])cc1Cl)C2. The van der Waals surface area contributed by atoms with Gasteiger partial charge in [-0.2, -0.15) is 0 Å². The van der Waals surface area contributed by atoms with E-state index in [1.807, 2.05) is 12.1 Å². The van der Waals surface area contributed by atoms with E-state index in [4.69, 9.17) is 16.3 Å². The van der Waals surface area contributed by atoms with E-state index in [2.05, 4.69) is 4.90 Å². The second-order valence-corrected chi connectivity index (χ2v) is 5.91. The van der Waals surface area contributed by atoms with Crippen LogP contribution >= 0.6 is 11.6 Å². The second kappa shape index (κ2) is 6.49. The molecule has 0 amide bonds. The van der Waals surface area contributed by atoms with Crippen molar-refractivity contribution in [2.45, 2.75) is 13.0 Å². The Labute approximate surface area is 143 Å². The minimum atomic E-state index is -0.468. The molecule has 2 aromatic rings. The predicted molar refractivity (Wildman–Crippen MR) is 90.6 cm³/mol. The van der Waals surface area contributed by atoms with Crippen LogP contribution in [0.2, 0.25) is 5.02 Å². The zero-order valence-electron chi connectivity index (χ0n) is 13.0. The highest BCUT2D eigenvalue weighted by atomic mass is 35.5. The molecule has 0 spiro atoms. The molecule has 0 N–H and O–H groups in total. The summed E-state index contributed by atoms with van der Waals surface area (Å²) in [7, 11) is 1.37. The van der Waals surface area contributed by atoms with Crippen molar-refractivity contribution in [2.24, 2.45) is 0 Å². The molecule has 124 valence electrons. The van der Waals surface area contributed by atoms with E-state index < -0.39 is 4.92 Å². The normalized spacial score (nSPS) is 13.3. The summed E-state index contributed by atoms with van der Waals surface area (Å²) in [5, 5.41) is 11.2. The summed E-state index contributed by atoms with van der Waals surface area (Å²) >= 11 is 6.22. The average molecular weight is 347 g/mol. The molecule has 0 aliphatic carbocycles. The molecule has 0 fully saturated rings. The average Bonchev–Trinajstić information content (AvgIpc) is 2.59. The number of nitrogens with zero attached hydrogens (tertiary/aromatic N) is 2. The lowest BCUT2D eigenvalue weighted by Crippen LogP contribution is -2.31. The summed E-state index contributed by atoms with van der Waals surface area (Å²) in [5.74, 6) is -0.339. The van der Waals surface area contributed by atoms with Crippen LogP contribution in [0.3, 0.4) is 0 Å². The third kappa shape index (κ3) is 2.92. The van der Waals surface area contributed by atoms with Gasteiger partial charge in [-0.1, -0.05) is 23.7 Å². The molecule has 2 aromatic carbocycles. The van der Waals surface area contributed by atoms with E-state index in [1.54, 1.807) is 12.1 Å². The van der Waals surface area contributed by atoms with Gasteiger partial charge in [-0.3, -0.25) is 10.1 Å².